The Morgan fingerprint density at radius 1 is 0.571 bits per heavy atom. The molecule has 4 aromatic rings. The van der Waals surface area contributed by atoms with Gasteiger partial charge in [0.2, 0.25) is 0 Å². The Morgan fingerprint density at radius 2 is 1.00 bits per heavy atom. The van der Waals surface area contributed by atoms with Crippen LogP contribution < -0.4 is 20.9 Å². The van der Waals surface area contributed by atoms with Crippen LogP contribution in [0, 0.1) is 0 Å². The van der Waals surface area contributed by atoms with Gasteiger partial charge in [-0.25, -0.2) is 0 Å². The van der Waals surface area contributed by atoms with Gasteiger partial charge in [-0.15, -0.1) is 0 Å². The van der Waals surface area contributed by atoms with E-state index >= 15 is 0 Å². The highest BCUT2D eigenvalue weighted by molar-refractivity contribution is 5.50. The molecule has 0 amide bonds. The Hall–Kier alpha value is -3.64. The number of nitrogens with two attached hydrogens (primary N) is 2. The Bertz CT molecular complexity index is 1150. The third-order valence-electron chi connectivity index (χ3n) is 6.21. The number of hydrogen-bond acceptors (Lipinski definition) is 5. The van der Waals surface area contributed by atoms with E-state index in [2.05, 4.69) is 48.5 Å². The van der Waals surface area contributed by atoms with E-state index in [9.17, 15) is 0 Å². The van der Waals surface area contributed by atoms with E-state index in [-0.39, 0.29) is 0 Å². The second-order valence-electron chi connectivity index (χ2n) is 8.36. The van der Waals surface area contributed by atoms with Gasteiger partial charge >= 0.3 is 0 Å². The van der Waals surface area contributed by atoms with Crippen molar-refractivity contribution in [3.63, 3.8) is 0 Å². The molecule has 0 radical (unpaired) electrons. The normalized spacial score (nSPS) is 11.3. The average molecular weight is 469 g/mol. The molecule has 0 bridgehead atoms. The molecule has 35 heavy (non-hydrogen) atoms. The van der Waals surface area contributed by atoms with Crippen LogP contribution in [0.25, 0.3) is 0 Å². The highest BCUT2D eigenvalue weighted by Gasteiger charge is 2.38. The summed E-state index contributed by atoms with van der Waals surface area (Å²) in [5, 5.41) is 0. The van der Waals surface area contributed by atoms with Gasteiger partial charge in [0.25, 0.3) is 0 Å². The lowest BCUT2D eigenvalue weighted by molar-refractivity contribution is 0.000143. The van der Waals surface area contributed by atoms with Crippen molar-refractivity contribution in [2.45, 2.75) is 25.3 Å². The molecule has 5 nitrogen and oxygen atoms in total. The maximum atomic E-state index is 6.96. The van der Waals surface area contributed by atoms with Crippen LogP contribution in [0.2, 0.25) is 0 Å². The first-order valence-electron chi connectivity index (χ1n) is 11.6. The minimum atomic E-state index is -0.874. The second kappa shape index (κ2) is 11.2. The quantitative estimate of drug-likeness (QED) is 0.316. The number of methoxy groups -OCH3 is 2. The van der Waals surface area contributed by atoms with Crippen LogP contribution >= 0.6 is 0 Å². The number of hydrogen-bond donors (Lipinski definition) is 2. The van der Waals surface area contributed by atoms with E-state index in [1.165, 1.54) is 0 Å². The molecule has 0 heterocycles. The summed E-state index contributed by atoms with van der Waals surface area (Å²) < 4.78 is 17.8. The molecule has 0 aliphatic carbocycles. The van der Waals surface area contributed by atoms with Gasteiger partial charge < -0.3 is 25.7 Å². The number of ether oxygens (including phenoxy) is 3. The standard InChI is InChI=1S/C30H32N2O3/c1-33-28-12-8-26(9-13-28)30(25-6-4-3-5-7-25,27-10-14-29(34-2)15-11-27)35-21-24-17-22(19-31)16-23(18-24)20-32/h3-18H,19-21,31-32H2,1-2H3. The van der Waals surface area contributed by atoms with Crippen molar-refractivity contribution in [3.8, 4) is 11.5 Å². The molecular weight excluding hydrogens is 436 g/mol. The molecule has 0 spiro atoms. The molecule has 0 atom stereocenters. The van der Waals surface area contributed by atoms with Crippen molar-refractivity contribution >= 4 is 0 Å². The molecule has 4 N–H and O–H groups in total. The van der Waals surface area contributed by atoms with E-state index in [0.29, 0.717) is 19.7 Å². The summed E-state index contributed by atoms with van der Waals surface area (Å²) in [4.78, 5) is 0. The molecule has 5 heteroatoms. The fourth-order valence-corrected chi connectivity index (χ4v) is 4.42. The first-order chi connectivity index (χ1) is 17.1. The van der Waals surface area contributed by atoms with Crippen LogP contribution in [0.1, 0.15) is 33.4 Å². The average Bonchev–Trinajstić information content (AvgIpc) is 2.94. The van der Waals surface area contributed by atoms with Crippen molar-refractivity contribution in [3.05, 3.63) is 130 Å². The van der Waals surface area contributed by atoms with Gasteiger partial charge in [-0.2, -0.15) is 0 Å². The minimum absolute atomic E-state index is 0.369. The lowest BCUT2D eigenvalue weighted by Crippen LogP contribution is -2.33. The smallest absolute Gasteiger partial charge is 0.144 e. The van der Waals surface area contributed by atoms with Gasteiger partial charge in [0.05, 0.1) is 20.8 Å². The Balaban J connectivity index is 1.88. The van der Waals surface area contributed by atoms with Crippen LogP contribution in [0.15, 0.2) is 97.1 Å². The fraction of sp³-hybridized carbons (Fsp3) is 0.200. The van der Waals surface area contributed by atoms with Gasteiger partial charge in [0.15, 0.2) is 0 Å². The van der Waals surface area contributed by atoms with Crippen LogP contribution in [0.5, 0.6) is 11.5 Å². The zero-order valence-electron chi connectivity index (χ0n) is 20.2. The van der Waals surface area contributed by atoms with E-state index in [1.807, 2.05) is 48.5 Å². The molecule has 0 unspecified atom stereocenters. The number of benzene rings is 4. The monoisotopic (exact) mass is 468 g/mol. The van der Waals surface area contributed by atoms with Crippen molar-refractivity contribution in [1.82, 2.24) is 0 Å². The molecule has 4 rings (SSSR count). The van der Waals surface area contributed by atoms with Crippen LogP contribution in [0.4, 0.5) is 0 Å². The predicted molar refractivity (Wildman–Crippen MR) is 139 cm³/mol. The largest absolute Gasteiger partial charge is 0.497 e. The minimum Gasteiger partial charge on any atom is -0.497 e. The molecule has 0 aromatic heterocycles. The van der Waals surface area contributed by atoms with Gasteiger partial charge in [-0.1, -0.05) is 72.8 Å². The molecule has 0 saturated heterocycles. The van der Waals surface area contributed by atoms with Gasteiger partial charge in [0.1, 0.15) is 17.1 Å². The molecule has 0 aliphatic rings. The summed E-state index contributed by atoms with van der Waals surface area (Å²) in [7, 11) is 3.33. The molecule has 0 fully saturated rings. The molecule has 0 saturated carbocycles. The van der Waals surface area contributed by atoms with E-state index < -0.39 is 5.60 Å². The van der Waals surface area contributed by atoms with Gasteiger partial charge in [-0.3, -0.25) is 0 Å². The van der Waals surface area contributed by atoms with Crippen LogP contribution in [0.3, 0.4) is 0 Å². The maximum absolute atomic E-state index is 6.96. The van der Waals surface area contributed by atoms with Crippen LogP contribution in [-0.2, 0) is 30.0 Å². The Labute approximate surface area is 207 Å². The molecule has 0 aliphatic heterocycles. The van der Waals surface area contributed by atoms with Crippen molar-refractivity contribution in [1.29, 1.82) is 0 Å². The summed E-state index contributed by atoms with van der Waals surface area (Å²) in [6, 6.07) is 32.5. The lowest BCUT2D eigenvalue weighted by atomic mass is 9.80. The zero-order valence-corrected chi connectivity index (χ0v) is 20.2. The van der Waals surface area contributed by atoms with Gasteiger partial charge in [-0.05, 0) is 57.6 Å². The molecular formula is C30H32N2O3. The highest BCUT2D eigenvalue weighted by atomic mass is 16.5. The Kier molecular flexibility index (Phi) is 7.83. The predicted octanol–water partition coefficient (Wildman–Crippen LogP) is 5.13. The second-order valence-corrected chi connectivity index (χ2v) is 8.36. The zero-order chi connectivity index (χ0) is 24.7. The first-order valence-corrected chi connectivity index (χ1v) is 11.6. The van der Waals surface area contributed by atoms with E-state index in [1.54, 1.807) is 14.2 Å². The van der Waals surface area contributed by atoms with Crippen molar-refractivity contribution in [2.75, 3.05) is 14.2 Å². The Morgan fingerprint density at radius 3 is 1.43 bits per heavy atom. The third kappa shape index (κ3) is 5.23. The van der Waals surface area contributed by atoms with Gasteiger partial charge in [0, 0.05) is 13.1 Å². The van der Waals surface area contributed by atoms with Crippen LogP contribution in [-0.4, -0.2) is 14.2 Å². The summed E-state index contributed by atoms with van der Waals surface area (Å²) in [5.41, 5.74) is 17.1. The summed E-state index contributed by atoms with van der Waals surface area (Å²) >= 11 is 0. The summed E-state index contributed by atoms with van der Waals surface area (Å²) in [5.74, 6) is 1.57. The van der Waals surface area contributed by atoms with E-state index in [0.717, 1.165) is 44.9 Å². The SMILES string of the molecule is COc1ccc(C(OCc2cc(CN)cc(CN)c2)(c2ccccc2)c2ccc(OC)cc2)cc1. The number of rotatable bonds is 10. The topological polar surface area (TPSA) is 79.7 Å². The summed E-state index contributed by atoms with van der Waals surface area (Å²) in [6.07, 6.45) is 0. The van der Waals surface area contributed by atoms with Crippen molar-refractivity contribution < 1.29 is 14.2 Å². The first kappa shape index (κ1) is 24.5. The lowest BCUT2D eigenvalue weighted by Gasteiger charge is -2.36. The third-order valence-corrected chi connectivity index (χ3v) is 6.21. The van der Waals surface area contributed by atoms with E-state index in [4.69, 9.17) is 25.7 Å². The van der Waals surface area contributed by atoms with Crippen molar-refractivity contribution in [2.24, 2.45) is 11.5 Å². The fourth-order valence-electron chi connectivity index (χ4n) is 4.42. The highest BCUT2D eigenvalue weighted by Crippen LogP contribution is 2.42. The molecule has 180 valence electrons. The maximum Gasteiger partial charge on any atom is 0.144 e. The summed E-state index contributed by atoms with van der Waals surface area (Å²) in [6.45, 7) is 1.26. The molecule has 4 aromatic carbocycles.